The predicted molar refractivity (Wildman–Crippen MR) is 71.3 cm³/mol. The molecule has 0 aliphatic carbocycles. The van der Waals surface area contributed by atoms with Gasteiger partial charge in [0.1, 0.15) is 5.82 Å². The van der Waals surface area contributed by atoms with Crippen LogP contribution in [-0.4, -0.2) is 16.3 Å². The fraction of sp³-hybridized carbons (Fsp3) is 0.357. The number of rotatable bonds is 4. The topological polar surface area (TPSA) is 29.9 Å². The van der Waals surface area contributed by atoms with Crippen molar-refractivity contribution in [1.82, 2.24) is 9.78 Å². The van der Waals surface area contributed by atoms with E-state index in [1.807, 2.05) is 24.7 Å². The van der Waals surface area contributed by atoms with Crippen LogP contribution in [0, 0.1) is 6.92 Å². The molecule has 0 fully saturated rings. The van der Waals surface area contributed by atoms with E-state index >= 15 is 0 Å². The van der Waals surface area contributed by atoms with Gasteiger partial charge in [-0.3, -0.25) is 4.68 Å². The number of aromatic nitrogens is 2. The lowest BCUT2D eigenvalue weighted by Crippen LogP contribution is -2.12. The third kappa shape index (κ3) is 2.87. The summed E-state index contributed by atoms with van der Waals surface area (Å²) in [6.45, 7) is 5.15. The van der Waals surface area contributed by atoms with Crippen LogP contribution in [0.3, 0.4) is 0 Å². The largest absolute Gasteiger partial charge is 0.370 e. The van der Waals surface area contributed by atoms with Crippen LogP contribution in [0.2, 0.25) is 0 Å². The van der Waals surface area contributed by atoms with Crippen LogP contribution >= 0.6 is 0 Å². The van der Waals surface area contributed by atoms with Gasteiger partial charge in [0.05, 0.1) is 5.69 Å². The smallest absolute Gasteiger partial charge is 0.124 e. The Morgan fingerprint density at radius 2 is 2.00 bits per heavy atom. The van der Waals surface area contributed by atoms with Crippen LogP contribution in [-0.2, 0) is 7.05 Å². The lowest BCUT2D eigenvalue weighted by Gasteiger charge is -2.13. The Balaban J connectivity index is 1.97. The minimum Gasteiger partial charge on any atom is -0.370 e. The standard InChI is InChI=1S/C14H19N3/c1-11(13-7-5-4-6-8-13)10-15-14-9-12(2)16-17(14)3/h4-9,11,15H,10H2,1-3H3. The maximum atomic E-state index is 4.32. The Labute approximate surface area is 102 Å². The van der Waals surface area contributed by atoms with Crippen molar-refractivity contribution >= 4 is 5.82 Å². The minimum absolute atomic E-state index is 0.492. The van der Waals surface area contributed by atoms with Gasteiger partial charge in [0.15, 0.2) is 0 Å². The van der Waals surface area contributed by atoms with Crippen molar-refractivity contribution in [1.29, 1.82) is 0 Å². The maximum absolute atomic E-state index is 4.32. The molecule has 2 rings (SSSR count). The third-order valence-electron chi connectivity index (χ3n) is 2.96. The van der Waals surface area contributed by atoms with Gasteiger partial charge in [0.25, 0.3) is 0 Å². The Kier molecular flexibility index (Phi) is 3.47. The number of hydrogen-bond donors (Lipinski definition) is 1. The lowest BCUT2D eigenvalue weighted by molar-refractivity contribution is 0.740. The second kappa shape index (κ2) is 5.04. The summed E-state index contributed by atoms with van der Waals surface area (Å²) in [5.41, 5.74) is 2.40. The predicted octanol–water partition coefficient (Wildman–Crippen LogP) is 2.94. The van der Waals surface area contributed by atoms with Crippen LogP contribution in [0.1, 0.15) is 24.1 Å². The molecule has 1 heterocycles. The van der Waals surface area contributed by atoms with Gasteiger partial charge in [-0.2, -0.15) is 5.10 Å². The van der Waals surface area contributed by atoms with Crippen LogP contribution in [0.4, 0.5) is 5.82 Å². The van der Waals surface area contributed by atoms with E-state index in [9.17, 15) is 0 Å². The van der Waals surface area contributed by atoms with Gasteiger partial charge in [-0.05, 0) is 18.4 Å². The van der Waals surface area contributed by atoms with E-state index in [-0.39, 0.29) is 0 Å². The molecule has 3 nitrogen and oxygen atoms in total. The molecule has 0 bridgehead atoms. The molecular formula is C14H19N3. The monoisotopic (exact) mass is 229 g/mol. The summed E-state index contributed by atoms with van der Waals surface area (Å²) in [7, 11) is 1.96. The summed E-state index contributed by atoms with van der Waals surface area (Å²) in [4.78, 5) is 0. The van der Waals surface area contributed by atoms with Crippen LogP contribution < -0.4 is 5.32 Å². The Bertz CT molecular complexity index is 473. The van der Waals surface area contributed by atoms with E-state index in [1.54, 1.807) is 0 Å². The number of aryl methyl sites for hydroxylation is 2. The number of anilines is 1. The Morgan fingerprint density at radius 3 is 2.59 bits per heavy atom. The molecule has 2 aromatic rings. The number of benzene rings is 1. The summed E-state index contributed by atoms with van der Waals surface area (Å²) in [5.74, 6) is 1.57. The first-order chi connectivity index (χ1) is 8.16. The number of nitrogens with zero attached hydrogens (tertiary/aromatic N) is 2. The highest BCUT2D eigenvalue weighted by atomic mass is 15.3. The second-order valence-corrected chi connectivity index (χ2v) is 4.49. The first-order valence-corrected chi connectivity index (χ1v) is 5.96. The second-order valence-electron chi connectivity index (χ2n) is 4.49. The lowest BCUT2D eigenvalue weighted by atomic mass is 10.0. The summed E-state index contributed by atoms with van der Waals surface area (Å²) in [6.07, 6.45) is 0. The van der Waals surface area contributed by atoms with Gasteiger partial charge in [-0.15, -0.1) is 0 Å². The van der Waals surface area contributed by atoms with Crippen molar-refractivity contribution < 1.29 is 0 Å². The molecule has 1 atom stereocenters. The number of hydrogen-bond acceptors (Lipinski definition) is 2. The summed E-state index contributed by atoms with van der Waals surface area (Å²) in [6, 6.07) is 12.6. The molecule has 0 radical (unpaired) electrons. The zero-order valence-electron chi connectivity index (χ0n) is 10.6. The van der Waals surface area contributed by atoms with Crippen LogP contribution in [0.15, 0.2) is 36.4 Å². The quantitative estimate of drug-likeness (QED) is 0.873. The molecule has 1 aromatic carbocycles. The molecule has 17 heavy (non-hydrogen) atoms. The van der Waals surface area contributed by atoms with Gasteiger partial charge in [-0.25, -0.2) is 0 Å². The van der Waals surface area contributed by atoms with E-state index in [1.165, 1.54) is 5.56 Å². The van der Waals surface area contributed by atoms with Crippen molar-refractivity contribution in [2.75, 3.05) is 11.9 Å². The maximum Gasteiger partial charge on any atom is 0.124 e. The summed E-state index contributed by atoms with van der Waals surface area (Å²) >= 11 is 0. The molecule has 0 amide bonds. The van der Waals surface area contributed by atoms with Gasteiger partial charge in [0.2, 0.25) is 0 Å². The van der Waals surface area contributed by atoms with Gasteiger partial charge >= 0.3 is 0 Å². The molecule has 0 spiro atoms. The average Bonchev–Trinajstić information content (AvgIpc) is 2.66. The van der Waals surface area contributed by atoms with Crippen LogP contribution in [0.5, 0.6) is 0 Å². The molecular weight excluding hydrogens is 210 g/mol. The molecule has 0 saturated carbocycles. The first-order valence-electron chi connectivity index (χ1n) is 5.96. The highest BCUT2D eigenvalue weighted by Crippen LogP contribution is 2.16. The zero-order valence-corrected chi connectivity index (χ0v) is 10.6. The van der Waals surface area contributed by atoms with E-state index in [0.717, 1.165) is 18.1 Å². The molecule has 0 aliphatic rings. The van der Waals surface area contributed by atoms with Gasteiger partial charge in [-0.1, -0.05) is 37.3 Å². The molecule has 1 N–H and O–H groups in total. The van der Waals surface area contributed by atoms with Crippen molar-refractivity contribution in [2.24, 2.45) is 7.05 Å². The molecule has 90 valence electrons. The zero-order chi connectivity index (χ0) is 12.3. The normalized spacial score (nSPS) is 12.4. The fourth-order valence-corrected chi connectivity index (χ4v) is 1.93. The number of nitrogens with one attached hydrogen (secondary N) is 1. The van der Waals surface area contributed by atoms with Gasteiger partial charge < -0.3 is 5.32 Å². The van der Waals surface area contributed by atoms with E-state index in [2.05, 4.69) is 47.7 Å². The molecule has 3 heteroatoms. The van der Waals surface area contributed by atoms with Crippen molar-refractivity contribution in [3.05, 3.63) is 47.7 Å². The van der Waals surface area contributed by atoms with E-state index in [4.69, 9.17) is 0 Å². The fourth-order valence-electron chi connectivity index (χ4n) is 1.93. The van der Waals surface area contributed by atoms with Gasteiger partial charge in [0, 0.05) is 19.7 Å². The van der Waals surface area contributed by atoms with Crippen molar-refractivity contribution in [3.63, 3.8) is 0 Å². The first kappa shape index (κ1) is 11.7. The molecule has 0 saturated heterocycles. The average molecular weight is 229 g/mol. The van der Waals surface area contributed by atoms with E-state index < -0.39 is 0 Å². The molecule has 0 aliphatic heterocycles. The SMILES string of the molecule is Cc1cc(NCC(C)c2ccccc2)n(C)n1. The van der Waals surface area contributed by atoms with Crippen molar-refractivity contribution in [3.8, 4) is 0 Å². The van der Waals surface area contributed by atoms with Crippen molar-refractivity contribution in [2.45, 2.75) is 19.8 Å². The summed E-state index contributed by atoms with van der Waals surface area (Å²) in [5, 5.41) is 7.75. The molecule has 1 aromatic heterocycles. The van der Waals surface area contributed by atoms with E-state index in [0.29, 0.717) is 5.92 Å². The summed E-state index contributed by atoms with van der Waals surface area (Å²) < 4.78 is 1.88. The highest BCUT2D eigenvalue weighted by Gasteiger charge is 2.06. The minimum atomic E-state index is 0.492. The Hall–Kier alpha value is -1.77. The highest BCUT2D eigenvalue weighted by molar-refractivity contribution is 5.37. The Morgan fingerprint density at radius 1 is 1.29 bits per heavy atom. The third-order valence-corrected chi connectivity index (χ3v) is 2.96. The molecule has 1 unspecified atom stereocenters. The van der Waals surface area contributed by atoms with Crippen LogP contribution in [0.25, 0.3) is 0 Å².